The summed E-state index contributed by atoms with van der Waals surface area (Å²) in [5.74, 6) is -0.398. The Morgan fingerprint density at radius 3 is 2.44 bits per heavy atom. The Bertz CT molecular complexity index is 1050. The standard InChI is InChI=1S/C23H28ClN5O5/c1-14(2)34-20-10-9-18(11-15(20)3)27-22(25-12-16-5-7-17(24)8-6-16)28-23(32)26-13-19(21(30)31)29-33-4/h5-11,14H,12-13H2,1-4H3,(H,30,31)(H3,25,26,27,28,32)/b29-19+. The first kappa shape index (κ1) is 26.5. The Balaban J connectivity index is 2.17. The van der Waals surface area contributed by atoms with Crippen molar-refractivity contribution in [1.82, 2.24) is 10.6 Å². The lowest BCUT2D eigenvalue weighted by molar-refractivity contribution is -0.129. The third kappa shape index (κ3) is 8.99. The van der Waals surface area contributed by atoms with Gasteiger partial charge in [0, 0.05) is 10.7 Å². The van der Waals surface area contributed by atoms with Crippen LogP contribution in [-0.4, -0.2) is 48.5 Å². The van der Waals surface area contributed by atoms with Gasteiger partial charge in [0.2, 0.25) is 5.96 Å². The molecule has 0 aromatic heterocycles. The van der Waals surface area contributed by atoms with Gasteiger partial charge in [-0.15, -0.1) is 0 Å². The van der Waals surface area contributed by atoms with Gasteiger partial charge in [0.05, 0.1) is 19.2 Å². The van der Waals surface area contributed by atoms with Crippen LogP contribution in [0.2, 0.25) is 5.02 Å². The first-order valence-electron chi connectivity index (χ1n) is 10.4. The first-order chi connectivity index (χ1) is 16.2. The van der Waals surface area contributed by atoms with E-state index in [0.717, 1.165) is 16.9 Å². The number of guanidine groups is 1. The first-order valence-corrected chi connectivity index (χ1v) is 10.8. The van der Waals surface area contributed by atoms with E-state index in [1.54, 1.807) is 18.2 Å². The molecular formula is C23H28ClN5O5. The highest BCUT2D eigenvalue weighted by atomic mass is 35.5. The number of aryl methyl sites for hydroxylation is 1. The zero-order valence-electron chi connectivity index (χ0n) is 19.4. The van der Waals surface area contributed by atoms with Crippen molar-refractivity contribution in [1.29, 1.82) is 0 Å². The molecule has 0 unspecified atom stereocenters. The maximum absolute atomic E-state index is 12.4. The number of oxime groups is 1. The lowest BCUT2D eigenvalue weighted by Gasteiger charge is -2.16. The quantitative estimate of drug-likeness (QED) is 0.240. The second-order valence-corrected chi connectivity index (χ2v) is 7.83. The van der Waals surface area contributed by atoms with Crippen molar-refractivity contribution in [2.75, 3.05) is 19.0 Å². The van der Waals surface area contributed by atoms with E-state index in [1.165, 1.54) is 7.11 Å². The number of carboxylic acids is 1. The molecule has 4 N–H and O–H groups in total. The minimum absolute atomic E-state index is 0.0386. The van der Waals surface area contributed by atoms with Crippen LogP contribution >= 0.6 is 11.6 Å². The van der Waals surface area contributed by atoms with Crippen LogP contribution in [0.25, 0.3) is 0 Å². The van der Waals surface area contributed by atoms with E-state index in [9.17, 15) is 9.59 Å². The van der Waals surface area contributed by atoms with E-state index < -0.39 is 12.0 Å². The molecule has 0 aliphatic rings. The predicted molar refractivity (Wildman–Crippen MR) is 132 cm³/mol. The van der Waals surface area contributed by atoms with Gasteiger partial charge in [-0.2, -0.15) is 0 Å². The maximum Gasteiger partial charge on any atom is 0.355 e. The number of aliphatic imine (C=N–C) groups is 1. The molecule has 11 heteroatoms. The molecule has 2 aromatic rings. The summed E-state index contributed by atoms with van der Waals surface area (Å²) in [5.41, 5.74) is 2.10. The number of anilines is 1. The Kier molecular flexibility index (Phi) is 10.2. The van der Waals surface area contributed by atoms with Crippen molar-refractivity contribution in [2.24, 2.45) is 10.1 Å². The third-order valence-electron chi connectivity index (χ3n) is 4.23. The lowest BCUT2D eigenvalue weighted by atomic mass is 10.2. The number of nitrogens with zero attached hydrogens (tertiary/aromatic N) is 2. The summed E-state index contributed by atoms with van der Waals surface area (Å²) in [5, 5.41) is 21.1. The number of amides is 2. The number of halogens is 1. The minimum Gasteiger partial charge on any atom is -0.491 e. The molecule has 0 atom stereocenters. The molecule has 0 saturated carbocycles. The highest BCUT2D eigenvalue weighted by molar-refractivity contribution is 6.36. The van der Waals surface area contributed by atoms with E-state index in [0.29, 0.717) is 10.7 Å². The van der Waals surface area contributed by atoms with Gasteiger partial charge >= 0.3 is 12.0 Å². The SMILES string of the molecule is CO/N=C(\CNC(=O)NC(=NCc1ccc(Cl)cc1)Nc1ccc(OC(C)C)c(C)c1)C(=O)O. The van der Waals surface area contributed by atoms with E-state index in [2.05, 4.69) is 30.9 Å². The lowest BCUT2D eigenvalue weighted by Crippen LogP contribution is -2.45. The fourth-order valence-corrected chi connectivity index (χ4v) is 2.82. The van der Waals surface area contributed by atoms with Gasteiger partial charge in [0.25, 0.3) is 0 Å². The van der Waals surface area contributed by atoms with Crippen LogP contribution in [-0.2, 0) is 16.2 Å². The van der Waals surface area contributed by atoms with Crippen molar-refractivity contribution < 1.29 is 24.3 Å². The van der Waals surface area contributed by atoms with Crippen LogP contribution in [0.4, 0.5) is 10.5 Å². The Morgan fingerprint density at radius 1 is 1.15 bits per heavy atom. The van der Waals surface area contributed by atoms with Gasteiger partial charge in [0.1, 0.15) is 12.9 Å². The van der Waals surface area contributed by atoms with Crippen LogP contribution in [0.3, 0.4) is 0 Å². The molecule has 2 aromatic carbocycles. The average molecular weight is 490 g/mol. The molecule has 2 amide bonds. The summed E-state index contributed by atoms with van der Waals surface area (Å²) < 4.78 is 5.76. The summed E-state index contributed by atoms with van der Waals surface area (Å²) >= 11 is 5.93. The van der Waals surface area contributed by atoms with E-state index in [4.69, 9.17) is 21.4 Å². The Morgan fingerprint density at radius 2 is 1.85 bits per heavy atom. The molecule has 34 heavy (non-hydrogen) atoms. The molecule has 0 aliphatic carbocycles. The predicted octanol–water partition coefficient (Wildman–Crippen LogP) is 3.79. The summed E-state index contributed by atoms with van der Waals surface area (Å²) in [4.78, 5) is 32.5. The van der Waals surface area contributed by atoms with Crippen LogP contribution in [0, 0.1) is 6.92 Å². The van der Waals surface area contributed by atoms with Crippen LogP contribution in [0.5, 0.6) is 5.75 Å². The third-order valence-corrected chi connectivity index (χ3v) is 4.48. The van der Waals surface area contributed by atoms with Crippen molar-refractivity contribution >= 4 is 41.0 Å². The number of benzene rings is 2. The molecule has 10 nitrogen and oxygen atoms in total. The summed E-state index contributed by atoms with van der Waals surface area (Å²) in [6.45, 7) is 5.72. The number of carbonyl (C=O) groups is 2. The van der Waals surface area contributed by atoms with Gasteiger partial charge < -0.3 is 25.3 Å². The molecule has 0 fully saturated rings. The van der Waals surface area contributed by atoms with E-state index >= 15 is 0 Å². The number of carbonyl (C=O) groups excluding carboxylic acids is 1. The van der Waals surface area contributed by atoms with Crippen LogP contribution in [0.15, 0.2) is 52.6 Å². The van der Waals surface area contributed by atoms with Crippen molar-refractivity contribution in [3.63, 3.8) is 0 Å². The second kappa shape index (κ2) is 13.0. The fraction of sp³-hybridized carbons (Fsp3) is 0.304. The highest BCUT2D eigenvalue weighted by Crippen LogP contribution is 2.23. The topological polar surface area (TPSA) is 134 Å². The van der Waals surface area contributed by atoms with Crippen LogP contribution in [0.1, 0.15) is 25.0 Å². The van der Waals surface area contributed by atoms with Gasteiger partial charge in [-0.25, -0.2) is 14.6 Å². The summed E-state index contributed by atoms with van der Waals surface area (Å²) in [7, 11) is 1.22. The van der Waals surface area contributed by atoms with Crippen molar-refractivity contribution in [3.05, 3.63) is 58.6 Å². The normalized spacial score (nSPS) is 11.7. The molecular weight excluding hydrogens is 462 g/mol. The number of nitrogens with one attached hydrogen (secondary N) is 3. The van der Waals surface area contributed by atoms with Crippen molar-refractivity contribution in [3.8, 4) is 5.75 Å². The van der Waals surface area contributed by atoms with Crippen molar-refractivity contribution in [2.45, 2.75) is 33.4 Å². The number of rotatable bonds is 9. The number of aliphatic carboxylic acids is 1. The molecule has 0 bridgehead atoms. The molecule has 2 rings (SSSR count). The molecule has 0 spiro atoms. The summed E-state index contributed by atoms with van der Waals surface area (Å²) in [6, 6.07) is 12.0. The van der Waals surface area contributed by atoms with Crippen LogP contribution < -0.4 is 20.7 Å². The zero-order valence-corrected chi connectivity index (χ0v) is 20.1. The van der Waals surface area contributed by atoms with Gasteiger partial charge in [-0.1, -0.05) is 28.9 Å². The van der Waals surface area contributed by atoms with Gasteiger partial charge in [0.15, 0.2) is 5.71 Å². The Labute approximate surface area is 203 Å². The molecule has 0 heterocycles. The monoisotopic (exact) mass is 489 g/mol. The number of hydrogen-bond donors (Lipinski definition) is 4. The minimum atomic E-state index is -1.31. The zero-order chi connectivity index (χ0) is 25.1. The largest absolute Gasteiger partial charge is 0.491 e. The summed E-state index contributed by atoms with van der Waals surface area (Å²) in [6.07, 6.45) is 0.0386. The molecule has 0 radical (unpaired) electrons. The maximum atomic E-state index is 12.4. The smallest absolute Gasteiger partial charge is 0.355 e. The van der Waals surface area contributed by atoms with E-state index in [-0.39, 0.29) is 30.9 Å². The van der Waals surface area contributed by atoms with Gasteiger partial charge in [-0.3, -0.25) is 5.32 Å². The fourth-order valence-electron chi connectivity index (χ4n) is 2.69. The number of carboxylic acid groups (broad SMARTS) is 1. The Hall–Kier alpha value is -3.79. The second-order valence-electron chi connectivity index (χ2n) is 7.40. The average Bonchev–Trinajstić information content (AvgIpc) is 2.77. The highest BCUT2D eigenvalue weighted by Gasteiger charge is 2.14. The number of hydrogen-bond acceptors (Lipinski definition) is 6. The number of urea groups is 1. The molecule has 0 aliphatic heterocycles. The van der Waals surface area contributed by atoms with Gasteiger partial charge in [-0.05, 0) is 62.2 Å². The van der Waals surface area contributed by atoms with E-state index in [1.807, 2.05) is 45.0 Å². The molecule has 182 valence electrons. The number of ether oxygens (including phenoxy) is 1. The molecule has 0 saturated heterocycles.